The molecule has 0 bridgehead atoms. The van der Waals surface area contributed by atoms with Crippen LogP contribution in [0.4, 0.5) is 0 Å². The third-order valence-corrected chi connectivity index (χ3v) is 4.00. The predicted molar refractivity (Wildman–Crippen MR) is 85.4 cm³/mol. The average molecular weight is 327 g/mol. The van der Waals surface area contributed by atoms with Crippen LogP contribution in [0.3, 0.4) is 0 Å². The van der Waals surface area contributed by atoms with E-state index in [-0.39, 0.29) is 18.1 Å². The second-order valence-electron chi connectivity index (χ2n) is 6.49. The number of likely N-dealkylation sites (tertiary alicyclic amines) is 1. The van der Waals surface area contributed by atoms with Crippen LogP contribution in [0.5, 0.6) is 5.88 Å². The van der Waals surface area contributed by atoms with Crippen LogP contribution in [-0.2, 0) is 0 Å². The first kappa shape index (κ1) is 17.0. The monoisotopic (exact) mass is 326 g/mol. The number of ether oxygens (including phenoxy) is 1. The predicted octanol–water partition coefficient (Wildman–Crippen LogP) is 2.90. The Morgan fingerprint density at radius 3 is 2.77 bits per heavy atom. The van der Waals surface area contributed by atoms with Gasteiger partial charge in [0.1, 0.15) is 5.02 Å². The van der Waals surface area contributed by atoms with Gasteiger partial charge >= 0.3 is 0 Å². The summed E-state index contributed by atoms with van der Waals surface area (Å²) in [4.78, 5) is 18.5. The van der Waals surface area contributed by atoms with Gasteiger partial charge in [-0.25, -0.2) is 4.98 Å². The fourth-order valence-electron chi connectivity index (χ4n) is 2.76. The minimum Gasteiger partial charge on any atom is -0.474 e. The Labute approximate surface area is 136 Å². The van der Waals surface area contributed by atoms with Crippen LogP contribution < -0.4 is 4.74 Å². The largest absolute Gasteiger partial charge is 0.474 e. The van der Waals surface area contributed by atoms with E-state index in [1.165, 1.54) is 6.20 Å². The SMILES string of the molecule is CC(C)Oc1ncc(C(=O)N2CCCC2C(C)(C)O)cc1Cl. The van der Waals surface area contributed by atoms with Gasteiger partial charge in [-0.15, -0.1) is 0 Å². The van der Waals surface area contributed by atoms with Crippen LogP contribution in [0.15, 0.2) is 12.3 Å². The zero-order valence-electron chi connectivity index (χ0n) is 13.5. The lowest BCUT2D eigenvalue weighted by molar-refractivity contribution is 0.000313. The summed E-state index contributed by atoms with van der Waals surface area (Å²) in [5.74, 6) is 0.170. The van der Waals surface area contributed by atoms with Gasteiger partial charge in [0, 0.05) is 12.7 Å². The highest BCUT2D eigenvalue weighted by molar-refractivity contribution is 6.32. The summed E-state index contributed by atoms with van der Waals surface area (Å²) in [5.41, 5.74) is -0.512. The third kappa shape index (κ3) is 3.70. The van der Waals surface area contributed by atoms with E-state index >= 15 is 0 Å². The first-order valence-electron chi connectivity index (χ1n) is 7.55. The molecule has 6 heteroatoms. The van der Waals surface area contributed by atoms with Gasteiger partial charge in [-0.1, -0.05) is 11.6 Å². The molecule has 1 atom stereocenters. The Bertz CT molecular complexity index is 555. The molecule has 2 rings (SSSR count). The van der Waals surface area contributed by atoms with E-state index in [4.69, 9.17) is 16.3 Å². The lowest BCUT2D eigenvalue weighted by Gasteiger charge is -2.33. The van der Waals surface area contributed by atoms with Crippen LogP contribution in [0, 0.1) is 0 Å². The molecule has 1 aromatic heterocycles. The van der Waals surface area contributed by atoms with Gasteiger partial charge in [0.05, 0.1) is 23.3 Å². The molecule has 1 unspecified atom stereocenters. The quantitative estimate of drug-likeness (QED) is 0.924. The number of halogens is 1. The van der Waals surface area contributed by atoms with Crippen molar-refractivity contribution < 1.29 is 14.6 Å². The van der Waals surface area contributed by atoms with Gasteiger partial charge in [-0.05, 0) is 46.6 Å². The van der Waals surface area contributed by atoms with Gasteiger partial charge in [-0.2, -0.15) is 0 Å². The summed E-state index contributed by atoms with van der Waals surface area (Å²) in [6.45, 7) is 7.86. The van der Waals surface area contributed by atoms with Gasteiger partial charge in [0.25, 0.3) is 5.91 Å². The number of pyridine rings is 1. The van der Waals surface area contributed by atoms with Gasteiger partial charge in [0.15, 0.2) is 0 Å². The Kier molecular flexibility index (Phi) is 4.97. The molecular weight excluding hydrogens is 304 g/mol. The van der Waals surface area contributed by atoms with E-state index in [0.717, 1.165) is 12.8 Å². The molecule has 1 N–H and O–H groups in total. The minimum absolute atomic E-state index is 0.0373. The third-order valence-electron chi connectivity index (χ3n) is 3.73. The van der Waals surface area contributed by atoms with E-state index < -0.39 is 5.60 Å². The molecule has 122 valence electrons. The molecule has 1 aromatic rings. The summed E-state index contributed by atoms with van der Waals surface area (Å²) in [6.07, 6.45) is 3.12. The molecule has 1 fully saturated rings. The van der Waals surface area contributed by atoms with Crippen LogP contribution in [0.2, 0.25) is 5.02 Å². The zero-order chi connectivity index (χ0) is 16.5. The molecular formula is C16H23ClN2O3. The number of amides is 1. The Hall–Kier alpha value is -1.33. The van der Waals surface area contributed by atoms with Crippen molar-refractivity contribution in [3.8, 4) is 5.88 Å². The topological polar surface area (TPSA) is 62.7 Å². The Morgan fingerprint density at radius 2 is 2.23 bits per heavy atom. The highest BCUT2D eigenvalue weighted by Gasteiger charge is 2.38. The average Bonchev–Trinajstić information content (AvgIpc) is 2.89. The first-order chi connectivity index (χ1) is 10.2. The number of hydrogen-bond donors (Lipinski definition) is 1. The number of carbonyl (C=O) groups is 1. The standard InChI is InChI=1S/C16H23ClN2O3/c1-10(2)22-14-12(17)8-11(9-18-14)15(20)19-7-5-6-13(19)16(3,4)21/h8-10,13,21H,5-7H2,1-4H3. The number of carbonyl (C=O) groups excluding carboxylic acids is 1. The summed E-state index contributed by atoms with van der Waals surface area (Å²) in [5, 5.41) is 10.5. The van der Waals surface area contributed by atoms with Crippen molar-refractivity contribution in [2.24, 2.45) is 0 Å². The molecule has 0 radical (unpaired) electrons. The molecule has 0 aromatic carbocycles. The summed E-state index contributed by atoms with van der Waals surface area (Å²) < 4.78 is 5.47. The second-order valence-corrected chi connectivity index (χ2v) is 6.90. The van der Waals surface area contributed by atoms with E-state index in [0.29, 0.717) is 23.0 Å². The number of nitrogens with zero attached hydrogens (tertiary/aromatic N) is 2. The van der Waals surface area contributed by atoms with Crippen molar-refractivity contribution in [3.05, 3.63) is 22.8 Å². The molecule has 0 aliphatic carbocycles. The molecule has 0 saturated carbocycles. The summed E-state index contributed by atoms with van der Waals surface area (Å²) in [6, 6.07) is 1.39. The number of aromatic nitrogens is 1. The molecule has 1 aliphatic heterocycles. The van der Waals surface area contributed by atoms with Crippen molar-refractivity contribution >= 4 is 17.5 Å². The first-order valence-corrected chi connectivity index (χ1v) is 7.93. The van der Waals surface area contributed by atoms with Crippen molar-refractivity contribution in [3.63, 3.8) is 0 Å². The number of aliphatic hydroxyl groups is 1. The molecule has 1 amide bonds. The second kappa shape index (κ2) is 6.42. The number of rotatable bonds is 4. The molecule has 2 heterocycles. The lowest BCUT2D eigenvalue weighted by Crippen LogP contribution is -2.48. The van der Waals surface area contributed by atoms with Gasteiger partial charge in [0.2, 0.25) is 5.88 Å². The highest BCUT2D eigenvalue weighted by Crippen LogP contribution is 2.30. The molecule has 1 saturated heterocycles. The van der Waals surface area contributed by atoms with Crippen LogP contribution in [0.1, 0.15) is 50.9 Å². The maximum Gasteiger partial charge on any atom is 0.255 e. The van der Waals surface area contributed by atoms with Crippen molar-refractivity contribution in [1.29, 1.82) is 0 Å². The van der Waals surface area contributed by atoms with Crippen LogP contribution in [-0.4, -0.2) is 45.2 Å². The van der Waals surface area contributed by atoms with Crippen LogP contribution >= 0.6 is 11.6 Å². The van der Waals surface area contributed by atoms with Crippen molar-refractivity contribution in [1.82, 2.24) is 9.88 Å². The van der Waals surface area contributed by atoms with Gasteiger partial charge in [-0.3, -0.25) is 4.79 Å². The van der Waals surface area contributed by atoms with Crippen molar-refractivity contribution in [2.45, 2.75) is 58.3 Å². The zero-order valence-corrected chi connectivity index (χ0v) is 14.2. The maximum absolute atomic E-state index is 12.7. The molecule has 1 aliphatic rings. The fraction of sp³-hybridized carbons (Fsp3) is 0.625. The summed E-state index contributed by atoms with van der Waals surface area (Å²) in [7, 11) is 0. The van der Waals surface area contributed by atoms with Gasteiger partial charge < -0.3 is 14.7 Å². The normalized spacial score (nSPS) is 18.9. The van der Waals surface area contributed by atoms with E-state index in [1.54, 1.807) is 24.8 Å². The van der Waals surface area contributed by atoms with Crippen LogP contribution in [0.25, 0.3) is 0 Å². The fourth-order valence-corrected chi connectivity index (χ4v) is 2.97. The summed E-state index contributed by atoms with van der Waals surface area (Å²) >= 11 is 6.14. The molecule has 0 spiro atoms. The Morgan fingerprint density at radius 1 is 1.55 bits per heavy atom. The maximum atomic E-state index is 12.7. The molecule has 22 heavy (non-hydrogen) atoms. The lowest BCUT2D eigenvalue weighted by atomic mass is 9.96. The van der Waals surface area contributed by atoms with E-state index in [1.807, 2.05) is 13.8 Å². The molecule has 5 nitrogen and oxygen atoms in total. The number of hydrogen-bond acceptors (Lipinski definition) is 4. The van der Waals surface area contributed by atoms with E-state index in [9.17, 15) is 9.90 Å². The van der Waals surface area contributed by atoms with E-state index in [2.05, 4.69) is 4.98 Å². The minimum atomic E-state index is -0.927. The Balaban J connectivity index is 2.21. The smallest absolute Gasteiger partial charge is 0.255 e. The van der Waals surface area contributed by atoms with Crippen molar-refractivity contribution in [2.75, 3.05) is 6.54 Å². The highest BCUT2D eigenvalue weighted by atomic mass is 35.5.